The second-order valence-corrected chi connectivity index (χ2v) is 7.06. The number of nitrogens with one attached hydrogen (secondary N) is 2. The van der Waals surface area contributed by atoms with E-state index in [-0.39, 0.29) is 30.7 Å². The molecule has 0 aliphatic heterocycles. The topological polar surface area (TPSA) is 98.1 Å². The summed E-state index contributed by atoms with van der Waals surface area (Å²) in [4.78, 5) is 29.2. The molecule has 0 unspecified atom stereocenters. The van der Waals surface area contributed by atoms with E-state index in [1.807, 2.05) is 30.3 Å². The number of ether oxygens (including phenoxy) is 1. The Kier molecular flexibility index (Phi) is 5.74. The highest BCUT2D eigenvalue weighted by molar-refractivity contribution is 5.94. The second kappa shape index (κ2) is 8.77. The fraction of sp³-hybridized carbons (Fsp3) is 0.273. The van der Waals surface area contributed by atoms with Gasteiger partial charge in [-0.15, -0.1) is 5.10 Å². The molecule has 1 heterocycles. The Morgan fingerprint density at radius 2 is 1.77 bits per heavy atom. The number of para-hydroxylation sites is 1. The highest BCUT2D eigenvalue weighted by Crippen LogP contribution is 2.39. The van der Waals surface area contributed by atoms with Gasteiger partial charge in [-0.25, -0.2) is 9.67 Å². The summed E-state index contributed by atoms with van der Waals surface area (Å²) in [5.41, 5.74) is 1.38. The summed E-state index contributed by atoms with van der Waals surface area (Å²) in [5.74, 6) is 1.33. The molecule has 1 aliphatic rings. The van der Waals surface area contributed by atoms with E-state index in [1.54, 1.807) is 36.1 Å². The van der Waals surface area contributed by atoms with Crippen molar-refractivity contribution in [2.24, 2.45) is 0 Å². The van der Waals surface area contributed by atoms with Gasteiger partial charge in [0.25, 0.3) is 11.8 Å². The van der Waals surface area contributed by atoms with Crippen molar-refractivity contribution >= 4 is 11.8 Å². The Hall–Kier alpha value is -3.68. The summed E-state index contributed by atoms with van der Waals surface area (Å²) in [6.07, 6.45) is 2.12. The zero-order valence-electron chi connectivity index (χ0n) is 16.7. The Labute approximate surface area is 174 Å². The van der Waals surface area contributed by atoms with Crippen molar-refractivity contribution in [3.8, 4) is 11.4 Å². The Morgan fingerprint density at radius 1 is 1.03 bits per heavy atom. The molecule has 8 nitrogen and oxygen atoms in total. The minimum atomic E-state index is -0.359. The van der Waals surface area contributed by atoms with Gasteiger partial charge in [0, 0.05) is 24.6 Å². The molecule has 1 fully saturated rings. The molecule has 0 atom stereocenters. The van der Waals surface area contributed by atoms with E-state index in [0.717, 1.165) is 24.4 Å². The molecule has 3 aromatic rings. The lowest BCUT2D eigenvalue weighted by molar-refractivity contribution is 0.0922. The van der Waals surface area contributed by atoms with Crippen molar-refractivity contribution in [1.82, 2.24) is 25.4 Å². The fourth-order valence-corrected chi connectivity index (χ4v) is 3.08. The van der Waals surface area contributed by atoms with Gasteiger partial charge in [-0.1, -0.05) is 24.3 Å². The average molecular weight is 405 g/mol. The van der Waals surface area contributed by atoms with E-state index in [9.17, 15) is 9.59 Å². The molecule has 2 amide bonds. The summed E-state index contributed by atoms with van der Waals surface area (Å²) >= 11 is 0. The number of aromatic nitrogens is 3. The van der Waals surface area contributed by atoms with Crippen LogP contribution in [0.3, 0.4) is 0 Å². The third-order valence-electron chi connectivity index (χ3n) is 4.81. The zero-order chi connectivity index (χ0) is 20.9. The van der Waals surface area contributed by atoms with E-state index in [0.29, 0.717) is 17.2 Å². The number of hydrogen-bond donors (Lipinski definition) is 2. The molecule has 154 valence electrons. The van der Waals surface area contributed by atoms with Crippen molar-refractivity contribution < 1.29 is 14.3 Å². The third-order valence-corrected chi connectivity index (χ3v) is 4.81. The monoisotopic (exact) mass is 405 g/mol. The predicted octanol–water partition coefficient (Wildman–Crippen LogP) is 2.31. The number of carbonyl (C=O) groups is 2. The van der Waals surface area contributed by atoms with Gasteiger partial charge in [0.1, 0.15) is 11.6 Å². The Balaban J connectivity index is 1.34. The van der Waals surface area contributed by atoms with E-state index in [4.69, 9.17) is 4.74 Å². The minimum absolute atomic E-state index is 0.139. The number of hydrogen-bond acceptors (Lipinski definition) is 5. The molecule has 1 saturated carbocycles. The van der Waals surface area contributed by atoms with Crippen LogP contribution in [-0.4, -0.2) is 46.8 Å². The van der Waals surface area contributed by atoms with Crippen LogP contribution >= 0.6 is 0 Å². The van der Waals surface area contributed by atoms with Crippen molar-refractivity contribution in [1.29, 1.82) is 0 Å². The summed E-state index contributed by atoms with van der Waals surface area (Å²) in [6.45, 7) is 0.559. The molecule has 30 heavy (non-hydrogen) atoms. The highest BCUT2D eigenvalue weighted by atomic mass is 16.5. The van der Waals surface area contributed by atoms with Crippen molar-refractivity contribution in [3.05, 3.63) is 71.8 Å². The van der Waals surface area contributed by atoms with Gasteiger partial charge in [0.15, 0.2) is 0 Å². The predicted molar refractivity (Wildman–Crippen MR) is 111 cm³/mol. The molecule has 0 spiro atoms. The molecule has 1 aromatic heterocycles. The van der Waals surface area contributed by atoms with E-state index >= 15 is 0 Å². The zero-order valence-corrected chi connectivity index (χ0v) is 16.7. The van der Waals surface area contributed by atoms with Crippen LogP contribution in [-0.2, 0) is 0 Å². The van der Waals surface area contributed by atoms with Crippen LogP contribution in [0.1, 0.15) is 45.6 Å². The molecule has 1 aliphatic carbocycles. The quantitative estimate of drug-likeness (QED) is 0.561. The lowest BCUT2D eigenvalue weighted by Gasteiger charge is -2.07. The lowest BCUT2D eigenvalue weighted by atomic mass is 10.2. The van der Waals surface area contributed by atoms with Crippen LogP contribution in [0.2, 0.25) is 0 Å². The first-order valence-electron chi connectivity index (χ1n) is 9.88. The van der Waals surface area contributed by atoms with E-state index in [1.165, 1.54) is 0 Å². The molecule has 2 N–H and O–H groups in total. The molecular formula is C22H23N5O3. The van der Waals surface area contributed by atoms with Crippen LogP contribution in [0.25, 0.3) is 5.69 Å². The van der Waals surface area contributed by atoms with Gasteiger partial charge >= 0.3 is 0 Å². The van der Waals surface area contributed by atoms with Crippen LogP contribution in [0.4, 0.5) is 0 Å². The number of benzene rings is 2. The standard InChI is InChI=1S/C22H23N5O3/c1-30-18-9-5-6-16(14-18)21(28)23-12-13-24-22(29)19-25-20(15-10-11-15)27(26-19)17-7-3-2-4-8-17/h2-9,14-15H,10-13H2,1H3,(H,23,28)(H,24,29). The SMILES string of the molecule is COc1cccc(C(=O)NCCNC(=O)c2nc(C3CC3)n(-c3ccccc3)n2)c1. The van der Waals surface area contributed by atoms with Crippen LogP contribution < -0.4 is 15.4 Å². The summed E-state index contributed by atoms with van der Waals surface area (Å²) in [5, 5.41) is 9.95. The molecule has 8 heteroatoms. The maximum absolute atomic E-state index is 12.5. The first kappa shape index (κ1) is 19.6. The number of rotatable bonds is 8. The van der Waals surface area contributed by atoms with Crippen molar-refractivity contribution in [2.45, 2.75) is 18.8 Å². The minimum Gasteiger partial charge on any atom is -0.497 e. The van der Waals surface area contributed by atoms with E-state index < -0.39 is 0 Å². The van der Waals surface area contributed by atoms with E-state index in [2.05, 4.69) is 20.7 Å². The van der Waals surface area contributed by atoms with Gasteiger partial charge in [-0.05, 0) is 43.2 Å². The molecule has 2 aromatic carbocycles. The molecule has 0 bridgehead atoms. The molecular weight excluding hydrogens is 382 g/mol. The summed E-state index contributed by atoms with van der Waals surface area (Å²) in [6, 6.07) is 16.6. The first-order chi connectivity index (χ1) is 14.7. The van der Waals surface area contributed by atoms with Crippen LogP contribution in [0.5, 0.6) is 5.75 Å². The van der Waals surface area contributed by atoms with Crippen LogP contribution in [0, 0.1) is 0 Å². The number of methoxy groups -OCH3 is 1. The normalized spacial score (nSPS) is 13.0. The number of nitrogens with zero attached hydrogens (tertiary/aromatic N) is 3. The van der Waals surface area contributed by atoms with Gasteiger partial charge in [-0.2, -0.15) is 0 Å². The molecule has 0 saturated heterocycles. The maximum Gasteiger partial charge on any atom is 0.291 e. The number of amides is 2. The average Bonchev–Trinajstić information content (AvgIpc) is 3.54. The molecule has 4 rings (SSSR count). The van der Waals surface area contributed by atoms with Gasteiger partial charge < -0.3 is 15.4 Å². The summed E-state index contributed by atoms with van der Waals surface area (Å²) < 4.78 is 6.87. The van der Waals surface area contributed by atoms with Gasteiger partial charge in [-0.3, -0.25) is 9.59 Å². The highest BCUT2D eigenvalue weighted by Gasteiger charge is 2.31. The smallest absolute Gasteiger partial charge is 0.291 e. The van der Waals surface area contributed by atoms with Crippen molar-refractivity contribution in [3.63, 3.8) is 0 Å². The molecule has 0 radical (unpaired) electrons. The fourth-order valence-electron chi connectivity index (χ4n) is 3.08. The maximum atomic E-state index is 12.5. The Morgan fingerprint density at radius 3 is 2.47 bits per heavy atom. The van der Waals surface area contributed by atoms with Gasteiger partial charge in [0.2, 0.25) is 5.82 Å². The second-order valence-electron chi connectivity index (χ2n) is 7.06. The third kappa shape index (κ3) is 4.48. The number of carbonyl (C=O) groups excluding carboxylic acids is 2. The summed E-state index contributed by atoms with van der Waals surface area (Å²) in [7, 11) is 1.55. The largest absolute Gasteiger partial charge is 0.497 e. The van der Waals surface area contributed by atoms with Gasteiger partial charge in [0.05, 0.1) is 12.8 Å². The first-order valence-corrected chi connectivity index (χ1v) is 9.88. The van der Waals surface area contributed by atoms with Crippen molar-refractivity contribution in [2.75, 3.05) is 20.2 Å². The lowest BCUT2D eigenvalue weighted by Crippen LogP contribution is -2.35. The Bertz CT molecular complexity index is 1040. The van der Waals surface area contributed by atoms with Crippen LogP contribution in [0.15, 0.2) is 54.6 Å².